The standard InChI is InChI=1S/C23H23ClN6O2/c1-23(2,13-26-22(31)32-12-15-6-4-3-5-7-15)30-21-18(20(25)27-14-28-21)19(29-30)16-8-10-17(24)11-9-16/h3-11,14H,12-13H2,1-2H3,(H,26,31)(H2,25,27,28). The van der Waals surface area contributed by atoms with E-state index >= 15 is 0 Å². The van der Waals surface area contributed by atoms with Crippen LogP contribution in [0.25, 0.3) is 22.3 Å². The van der Waals surface area contributed by atoms with Gasteiger partial charge in [-0.15, -0.1) is 0 Å². The van der Waals surface area contributed by atoms with Crippen LogP contribution in [-0.4, -0.2) is 32.4 Å². The number of nitrogens with zero attached hydrogens (tertiary/aromatic N) is 4. The van der Waals surface area contributed by atoms with Gasteiger partial charge in [-0.05, 0) is 31.5 Å². The van der Waals surface area contributed by atoms with Gasteiger partial charge in [0.05, 0.1) is 10.9 Å². The number of hydrogen-bond acceptors (Lipinski definition) is 6. The lowest BCUT2D eigenvalue weighted by molar-refractivity contribution is 0.135. The van der Waals surface area contributed by atoms with Gasteiger partial charge in [-0.2, -0.15) is 5.10 Å². The topological polar surface area (TPSA) is 108 Å². The second-order valence-corrected chi connectivity index (χ2v) is 8.39. The van der Waals surface area contributed by atoms with Crippen molar-refractivity contribution in [3.05, 3.63) is 71.5 Å². The van der Waals surface area contributed by atoms with Crippen LogP contribution in [0.4, 0.5) is 10.6 Å². The highest BCUT2D eigenvalue weighted by Gasteiger charge is 2.28. The zero-order valence-corrected chi connectivity index (χ0v) is 18.5. The van der Waals surface area contributed by atoms with Gasteiger partial charge >= 0.3 is 6.09 Å². The maximum Gasteiger partial charge on any atom is 0.407 e. The Bertz CT molecular complexity index is 1240. The van der Waals surface area contributed by atoms with Crippen LogP contribution >= 0.6 is 11.6 Å². The summed E-state index contributed by atoms with van der Waals surface area (Å²) in [7, 11) is 0. The van der Waals surface area contributed by atoms with E-state index in [4.69, 9.17) is 27.2 Å². The number of nitrogens with two attached hydrogens (primary N) is 1. The minimum atomic E-state index is -0.629. The lowest BCUT2D eigenvalue weighted by Gasteiger charge is -2.26. The number of nitrogens with one attached hydrogen (secondary N) is 1. The molecule has 0 fully saturated rings. The first kappa shape index (κ1) is 21.6. The second kappa shape index (κ2) is 8.84. The molecular formula is C23H23ClN6O2. The Hall–Kier alpha value is -3.65. The molecule has 3 N–H and O–H groups in total. The summed E-state index contributed by atoms with van der Waals surface area (Å²) in [5.74, 6) is 0.331. The molecule has 9 heteroatoms. The van der Waals surface area contributed by atoms with Crippen LogP contribution in [-0.2, 0) is 16.9 Å². The highest BCUT2D eigenvalue weighted by Crippen LogP contribution is 2.33. The van der Waals surface area contributed by atoms with E-state index in [1.54, 1.807) is 16.8 Å². The Morgan fingerprint density at radius 2 is 1.84 bits per heavy atom. The van der Waals surface area contributed by atoms with Gasteiger partial charge in [0.1, 0.15) is 24.4 Å². The molecule has 0 unspecified atom stereocenters. The van der Waals surface area contributed by atoms with E-state index in [2.05, 4.69) is 15.3 Å². The first-order valence-corrected chi connectivity index (χ1v) is 10.4. The summed E-state index contributed by atoms with van der Waals surface area (Å²) in [6.45, 7) is 4.35. The highest BCUT2D eigenvalue weighted by atomic mass is 35.5. The summed E-state index contributed by atoms with van der Waals surface area (Å²) in [6.07, 6.45) is 0.893. The normalized spacial score (nSPS) is 11.5. The number of carbonyl (C=O) groups excluding carboxylic acids is 1. The molecule has 0 spiro atoms. The second-order valence-electron chi connectivity index (χ2n) is 7.95. The average Bonchev–Trinajstić information content (AvgIpc) is 3.20. The third-order valence-corrected chi connectivity index (χ3v) is 5.32. The van der Waals surface area contributed by atoms with Crippen LogP contribution in [0.5, 0.6) is 0 Å². The van der Waals surface area contributed by atoms with Gasteiger partial charge in [0.25, 0.3) is 0 Å². The smallest absolute Gasteiger partial charge is 0.407 e. The van der Waals surface area contributed by atoms with Gasteiger partial charge in [-0.3, -0.25) is 0 Å². The van der Waals surface area contributed by atoms with Crippen molar-refractivity contribution in [2.24, 2.45) is 0 Å². The number of alkyl carbamates (subject to hydrolysis) is 1. The molecule has 0 bridgehead atoms. The van der Waals surface area contributed by atoms with Crippen molar-refractivity contribution < 1.29 is 9.53 Å². The zero-order valence-electron chi connectivity index (χ0n) is 17.7. The number of anilines is 1. The van der Waals surface area contributed by atoms with Crippen LogP contribution in [0, 0.1) is 0 Å². The molecule has 2 aromatic heterocycles. The first-order chi connectivity index (χ1) is 15.3. The van der Waals surface area contributed by atoms with E-state index in [9.17, 15) is 4.79 Å². The molecule has 0 aliphatic rings. The quantitative estimate of drug-likeness (QED) is 0.451. The molecule has 32 heavy (non-hydrogen) atoms. The summed E-state index contributed by atoms with van der Waals surface area (Å²) in [4.78, 5) is 20.8. The van der Waals surface area contributed by atoms with Crippen LogP contribution in [0.15, 0.2) is 60.9 Å². The fourth-order valence-corrected chi connectivity index (χ4v) is 3.47. The number of halogens is 1. The molecule has 4 aromatic rings. The molecule has 0 aliphatic carbocycles. The molecule has 1 amide bonds. The third kappa shape index (κ3) is 4.50. The summed E-state index contributed by atoms with van der Waals surface area (Å²) < 4.78 is 7.07. The maximum atomic E-state index is 12.2. The number of ether oxygens (including phenoxy) is 1. The van der Waals surface area contributed by atoms with Crippen molar-refractivity contribution in [1.29, 1.82) is 0 Å². The number of fused-ring (bicyclic) bond motifs is 1. The molecule has 8 nitrogen and oxygen atoms in total. The molecule has 2 heterocycles. The monoisotopic (exact) mass is 450 g/mol. The van der Waals surface area contributed by atoms with Gasteiger partial charge < -0.3 is 15.8 Å². The minimum absolute atomic E-state index is 0.197. The van der Waals surface area contributed by atoms with E-state index in [-0.39, 0.29) is 13.2 Å². The molecule has 2 aromatic carbocycles. The highest BCUT2D eigenvalue weighted by molar-refractivity contribution is 6.30. The number of carbonyl (C=O) groups is 1. The van der Waals surface area contributed by atoms with Crippen molar-refractivity contribution in [3.63, 3.8) is 0 Å². The summed E-state index contributed by atoms with van der Waals surface area (Å²) in [6, 6.07) is 16.8. The number of rotatable bonds is 6. The van der Waals surface area contributed by atoms with E-state index in [0.717, 1.165) is 11.1 Å². The number of benzene rings is 2. The van der Waals surface area contributed by atoms with Crippen LogP contribution < -0.4 is 11.1 Å². The fourth-order valence-electron chi connectivity index (χ4n) is 3.34. The number of aromatic nitrogens is 4. The molecule has 0 saturated heterocycles. The largest absolute Gasteiger partial charge is 0.445 e. The fraction of sp³-hybridized carbons (Fsp3) is 0.217. The van der Waals surface area contributed by atoms with Crippen LogP contribution in [0.2, 0.25) is 5.02 Å². The maximum absolute atomic E-state index is 12.2. The molecule has 0 radical (unpaired) electrons. The van der Waals surface area contributed by atoms with Crippen molar-refractivity contribution in [1.82, 2.24) is 25.1 Å². The van der Waals surface area contributed by atoms with Gasteiger partial charge in [0, 0.05) is 17.1 Å². The van der Waals surface area contributed by atoms with Crippen molar-refractivity contribution >= 4 is 34.5 Å². The Balaban J connectivity index is 1.57. The predicted octanol–water partition coefficient (Wildman–Crippen LogP) is 4.39. The lowest BCUT2D eigenvalue weighted by atomic mass is 10.1. The van der Waals surface area contributed by atoms with Crippen molar-refractivity contribution in [2.75, 3.05) is 12.3 Å². The molecule has 4 rings (SSSR count). The summed E-state index contributed by atoms with van der Waals surface area (Å²) in [5.41, 5.74) is 8.53. The Morgan fingerprint density at radius 3 is 2.56 bits per heavy atom. The Morgan fingerprint density at radius 1 is 1.12 bits per heavy atom. The van der Waals surface area contributed by atoms with Gasteiger partial charge in [-0.25, -0.2) is 19.4 Å². The van der Waals surface area contributed by atoms with E-state index in [1.165, 1.54) is 6.33 Å². The van der Waals surface area contributed by atoms with E-state index in [0.29, 0.717) is 27.6 Å². The number of amides is 1. The number of nitrogen functional groups attached to an aromatic ring is 1. The average molecular weight is 451 g/mol. The molecule has 0 saturated carbocycles. The molecule has 0 atom stereocenters. The lowest BCUT2D eigenvalue weighted by Crippen LogP contribution is -2.41. The Labute approximate surface area is 190 Å². The first-order valence-electron chi connectivity index (χ1n) is 10.1. The summed E-state index contributed by atoms with van der Waals surface area (Å²) >= 11 is 6.04. The van der Waals surface area contributed by atoms with Crippen molar-refractivity contribution in [3.8, 4) is 11.3 Å². The minimum Gasteiger partial charge on any atom is -0.445 e. The number of hydrogen-bond donors (Lipinski definition) is 2. The SMILES string of the molecule is CC(C)(CNC(=O)OCc1ccccc1)n1nc(-c2ccc(Cl)cc2)c2c(N)ncnc21. The third-order valence-electron chi connectivity index (χ3n) is 5.06. The van der Waals surface area contributed by atoms with Gasteiger partial charge in [0.15, 0.2) is 5.65 Å². The Kier molecular flexibility index (Phi) is 5.96. The van der Waals surface area contributed by atoms with Crippen LogP contribution in [0.3, 0.4) is 0 Å². The van der Waals surface area contributed by atoms with E-state index < -0.39 is 11.6 Å². The van der Waals surface area contributed by atoms with Crippen molar-refractivity contribution in [2.45, 2.75) is 26.0 Å². The molecular weight excluding hydrogens is 428 g/mol. The van der Waals surface area contributed by atoms with E-state index in [1.807, 2.05) is 56.3 Å². The predicted molar refractivity (Wildman–Crippen MR) is 124 cm³/mol. The molecule has 164 valence electrons. The molecule has 0 aliphatic heterocycles. The zero-order chi connectivity index (χ0) is 22.7. The van der Waals surface area contributed by atoms with Gasteiger partial charge in [0.2, 0.25) is 0 Å². The van der Waals surface area contributed by atoms with Crippen LogP contribution in [0.1, 0.15) is 19.4 Å². The van der Waals surface area contributed by atoms with Gasteiger partial charge in [-0.1, -0.05) is 54.1 Å². The summed E-state index contributed by atoms with van der Waals surface area (Å²) in [5, 5.41) is 8.88.